The van der Waals surface area contributed by atoms with Crippen LogP contribution >= 0.6 is 0 Å². The summed E-state index contributed by atoms with van der Waals surface area (Å²) in [5.74, 6) is 0. The molecule has 0 atom stereocenters. The van der Waals surface area contributed by atoms with Gasteiger partial charge in [-0.3, -0.25) is 0 Å². The van der Waals surface area contributed by atoms with Crippen LogP contribution in [0.4, 0.5) is 17.1 Å². The number of nitrogens with zero attached hydrogens (tertiary/aromatic N) is 1. The minimum atomic E-state index is -0.547. The summed E-state index contributed by atoms with van der Waals surface area (Å²) in [6, 6.07) is 77.2. The molecular weight excluding hydrogens is 603 g/mol. The van der Waals surface area contributed by atoms with E-state index >= 15 is 0 Å². The molecule has 0 fully saturated rings. The monoisotopic (exact) mass is 637 g/mol. The molecule has 0 amide bonds. The summed E-state index contributed by atoms with van der Waals surface area (Å²) in [7, 11) is 0. The summed E-state index contributed by atoms with van der Waals surface area (Å²) in [5, 5.41) is 0. The van der Waals surface area contributed by atoms with E-state index in [1.807, 2.05) is 0 Å². The maximum Gasteiger partial charge on any atom is 0.0734 e. The van der Waals surface area contributed by atoms with E-state index in [9.17, 15) is 0 Å². The highest BCUT2D eigenvalue weighted by atomic mass is 15.1. The molecule has 8 aromatic rings. The van der Waals surface area contributed by atoms with Crippen molar-refractivity contribution in [2.24, 2.45) is 0 Å². The van der Waals surface area contributed by atoms with Crippen molar-refractivity contribution in [1.29, 1.82) is 0 Å². The molecule has 0 saturated carbocycles. The first-order valence-electron chi connectivity index (χ1n) is 17.3. The number of anilines is 3. The Bertz CT molecular complexity index is 2360. The number of hydrogen-bond acceptors (Lipinski definition) is 1. The zero-order chi connectivity index (χ0) is 33.3. The van der Waals surface area contributed by atoms with E-state index < -0.39 is 5.41 Å². The molecule has 0 aromatic heterocycles. The third-order valence-corrected chi connectivity index (χ3v) is 10.2. The maximum absolute atomic E-state index is 2.49. The minimum Gasteiger partial charge on any atom is -0.310 e. The van der Waals surface area contributed by atoms with E-state index in [1.165, 1.54) is 55.6 Å². The average Bonchev–Trinajstić information content (AvgIpc) is 3.52. The summed E-state index contributed by atoms with van der Waals surface area (Å²) in [6.45, 7) is 0. The van der Waals surface area contributed by atoms with Gasteiger partial charge in [0.05, 0.1) is 16.8 Å². The number of para-hydroxylation sites is 1. The molecular formula is C49H35N. The van der Waals surface area contributed by atoms with Gasteiger partial charge in [0.2, 0.25) is 0 Å². The van der Waals surface area contributed by atoms with Crippen molar-refractivity contribution in [2.45, 2.75) is 5.41 Å². The highest BCUT2D eigenvalue weighted by molar-refractivity contribution is 5.96. The fourth-order valence-electron chi connectivity index (χ4n) is 8.04. The molecule has 0 spiro atoms. The Hall–Kier alpha value is -6.44. The molecule has 0 aliphatic heterocycles. The Labute approximate surface area is 294 Å². The van der Waals surface area contributed by atoms with Crippen LogP contribution in [0.1, 0.15) is 22.3 Å². The third kappa shape index (κ3) is 4.78. The van der Waals surface area contributed by atoms with Gasteiger partial charge in [-0.25, -0.2) is 0 Å². The van der Waals surface area contributed by atoms with Crippen LogP contribution in [0, 0.1) is 0 Å². The molecule has 0 saturated heterocycles. The van der Waals surface area contributed by atoms with Crippen molar-refractivity contribution < 1.29 is 0 Å². The highest BCUT2D eigenvalue weighted by Crippen LogP contribution is 2.60. The summed E-state index contributed by atoms with van der Waals surface area (Å²) in [5.41, 5.74) is 15.2. The molecule has 1 heteroatoms. The predicted molar refractivity (Wildman–Crippen MR) is 209 cm³/mol. The Balaban J connectivity index is 1.38. The Kier molecular flexibility index (Phi) is 7.44. The van der Waals surface area contributed by atoms with Gasteiger partial charge in [-0.1, -0.05) is 188 Å². The summed E-state index contributed by atoms with van der Waals surface area (Å²) >= 11 is 0. The van der Waals surface area contributed by atoms with E-state index in [2.05, 4.69) is 217 Å². The molecule has 0 unspecified atom stereocenters. The molecule has 0 N–H and O–H groups in total. The predicted octanol–water partition coefficient (Wildman–Crippen LogP) is 12.9. The minimum absolute atomic E-state index is 0.547. The van der Waals surface area contributed by atoms with E-state index in [-0.39, 0.29) is 0 Å². The van der Waals surface area contributed by atoms with E-state index in [0.29, 0.717) is 0 Å². The van der Waals surface area contributed by atoms with Crippen LogP contribution in [0.3, 0.4) is 0 Å². The topological polar surface area (TPSA) is 3.24 Å². The first-order valence-corrected chi connectivity index (χ1v) is 17.3. The molecule has 8 aromatic carbocycles. The maximum atomic E-state index is 2.49. The molecule has 236 valence electrons. The van der Waals surface area contributed by atoms with Gasteiger partial charge in [-0.05, 0) is 68.8 Å². The standard InChI is InChI=1S/C49H35N/c1-5-18-36(19-6-1)37-32-34-41(35-33-37)50(46-30-16-14-26-42(46)38-20-7-2-8-21-38)47-31-17-28-44-43-27-13-15-29-45(43)49(48(44)47,39-22-9-3-10-23-39)40-24-11-4-12-25-40/h1-35H. The zero-order valence-electron chi connectivity index (χ0n) is 27.7. The zero-order valence-corrected chi connectivity index (χ0v) is 27.7. The highest BCUT2D eigenvalue weighted by Gasteiger charge is 2.48. The average molecular weight is 638 g/mol. The molecule has 1 aliphatic rings. The lowest BCUT2D eigenvalue weighted by atomic mass is 9.67. The number of fused-ring (bicyclic) bond motifs is 3. The van der Waals surface area contributed by atoms with Gasteiger partial charge in [0.1, 0.15) is 0 Å². The summed E-state index contributed by atoms with van der Waals surface area (Å²) in [4.78, 5) is 2.49. The Morgan fingerprint density at radius 2 is 0.760 bits per heavy atom. The first kappa shape index (κ1) is 29.7. The van der Waals surface area contributed by atoms with Crippen LogP contribution in [0.5, 0.6) is 0 Å². The molecule has 1 aliphatic carbocycles. The van der Waals surface area contributed by atoms with Crippen LogP contribution in [0.15, 0.2) is 212 Å². The Morgan fingerprint density at radius 3 is 1.40 bits per heavy atom. The van der Waals surface area contributed by atoms with Gasteiger partial charge < -0.3 is 4.90 Å². The van der Waals surface area contributed by atoms with Crippen LogP contribution in [-0.4, -0.2) is 0 Å². The summed E-state index contributed by atoms with van der Waals surface area (Å²) < 4.78 is 0. The van der Waals surface area contributed by atoms with Crippen molar-refractivity contribution in [1.82, 2.24) is 0 Å². The van der Waals surface area contributed by atoms with Crippen LogP contribution < -0.4 is 4.90 Å². The fourth-order valence-corrected chi connectivity index (χ4v) is 8.04. The van der Waals surface area contributed by atoms with Crippen LogP contribution in [0.2, 0.25) is 0 Å². The lowest BCUT2D eigenvalue weighted by molar-refractivity contribution is 0.768. The molecule has 0 heterocycles. The molecule has 0 radical (unpaired) electrons. The summed E-state index contributed by atoms with van der Waals surface area (Å²) in [6.07, 6.45) is 0. The number of hydrogen-bond donors (Lipinski definition) is 0. The second-order valence-corrected chi connectivity index (χ2v) is 12.9. The Morgan fingerprint density at radius 1 is 0.300 bits per heavy atom. The second kappa shape index (κ2) is 12.5. The van der Waals surface area contributed by atoms with Gasteiger partial charge in [-0.15, -0.1) is 0 Å². The SMILES string of the molecule is c1ccc(-c2ccc(N(c3ccccc3-c3ccccc3)c3cccc4c3C(c3ccccc3)(c3ccccc3)c3ccccc3-4)cc2)cc1. The normalized spacial score (nSPS) is 12.6. The van der Waals surface area contributed by atoms with E-state index in [0.717, 1.165) is 17.1 Å². The lowest BCUT2D eigenvalue weighted by Gasteiger charge is -2.38. The van der Waals surface area contributed by atoms with Crippen LogP contribution in [-0.2, 0) is 5.41 Å². The van der Waals surface area contributed by atoms with E-state index in [1.54, 1.807) is 0 Å². The van der Waals surface area contributed by atoms with Gasteiger partial charge in [-0.2, -0.15) is 0 Å². The van der Waals surface area contributed by atoms with Gasteiger partial charge in [0.15, 0.2) is 0 Å². The van der Waals surface area contributed by atoms with Crippen molar-refractivity contribution in [3.8, 4) is 33.4 Å². The number of rotatable bonds is 7. The van der Waals surface area contributed by atoms with Gasteiger partial charge >= 0.3 is 0 Å². The molecule has 9 rings (SSSR count). The fraction of sp³-hybridized carbons (Fsp3) is 0.0204. The largest absolute Gasteiger partial charge is 0.310 e. The quantitative estimate of drug-likeness (QED) is 0.168. The lowest BCUT2D eigenvalue weighted by Crippen LogP contribution is -2.30. The third-order valence-electron chi connectivity index (χ3n) is 10.2. The molecule has 0 bridgehead atoms. The second-order valence-electron chi connectivity index (χ2n) is 12.9. The van der Waals surface area contributed by atoms with Gasteiger partial charge in [0, 0.05) is 16.8 Å². The van der Waals surface area contributed by atoms with Crippen molar-refractivity contribution in [3.05, 3.63) is 235 Å². The van der Waals surface area contributed by atoms with Crippen molar-refractivity contribution in [3.63, 3.8) is 0 Å². The van der Waals surface area contributed by atoms with Crippen LogP contribution in [0.25, 0.3) is 33.4 Å². The van der Waals surface area contributed by atoms with Gasteiger partial charge in [0.25, 0.3) is 0 Å². The molecule has 50 heavy (non-hydrogen) atoms. The first-order chi connectivity index (χ1) is 24.8. The number of benzene rings is 8. The smallest absolute Gasteiger partial charge is 0.0734 e. The van der Waals surface area contributed by atoms with Crippen molar-refractivity contribution in [2.75, 3.05) is 4.90 Å². The molecule has 1 nitrogen and oxygen atoms in total. The van der Waals surface area contributed by atoms with E-state index in [4.69, 9.17) is 0 Å². The van der Waals surface area contributed by atoms with Crippen molar-refractivity contribution >= 4 is 17.1 Å².